The van der Waals surface area contributed by atoms with E-state index in [1.54, 1.807) is 0 Å². The van der Waals surface area contributed by atoms with E-state index in [-0.39, 0.29) is 12.4 Å². The topological polar surface area (TPSA) is 65.0 Å². The van der Waals surface area contributed by atoms with Crippen LogP contribution in [0.1, 0.15) is 13.3 Å². The minimum absolute atomic E-state index is 0.233. The van der Waals surface area contributed by atoms with Crippen LogP contribution in [-0.2, 0) is 19.2 Å². The van der Waals surface area contributed by atoms with Gasteiger partial charge in [-0.3, -0.25) is 9.59 Å². The van der Waals surface area contributed by atoms with Crippen LogP contribution in [0.3, 0.4) is 0 Å². The minimum Gasteiger partial charge on any atom is -0.458 e. The van der Waals surface area contributed by atoms with Crippen LogP contribution in [0.15, 0.2) is 5.16 Å². The predicted octanol–water partition coefficient (Wildman–Crippen LogP) is -0.107. The van der Waals surface area contributed by atoms with E-state index in [4.69, 9.17) is 0 Å². The first-order valence-electron chi connectivity index (χ1n) is 3.54. The fourth-order valence-corrected chi connectivity index (χ4v) is 0.754. The Hall–Kier alpha value is -1.39. The quantitative estimate of drug-likeness (QED) is 0.556. The normalized spacial score (nSPS) is 20.2. The van der Waals surface area contributed by atoms with Crippen LogP contribution in [0.25, 0.3) is 0 Å². The van der Waals surface area contributed by atoms with E-state index in [0.29, 0.717) is 6.42 Å². The molecule has 5 heteroatoms. The van der Waals surface area contributed by atoms with Crippen molar-refractivity contribution in [2.75, 3.05) is 6.61 Å². The number of nitrogens with zero attached hydrogens (tertiary/aromatic N) is 1. The molecule has 5 nitrogen and oxygen atoms in total. The number of ketones is 1. The summed E-state index contributed by atoms with van der Waals surface area (Å²) >= 11 is 0. The summed E-state index contributed by atoms with van der Waals surface area (Å²) < 4.78 is 4.49. The van der Waals surface area contributed by atoms with Crippen LogP contribution >= 0.6 is 0 Å². The van der Waals surface area contributed by atoms with Gasteiger partial charge in [-0.15, -0.1) is 0 Å². The molecule has 0 N–H and O–H groups in total. The fourth-order valence-electron chi connectivity index (χ4n) is 0.754. The van der Waals surface area contributed by atoms with Crippen molar-refractivity contribution in [3.05, 3.63) is 0 Å². The largest absolute Gasteiger partial charge is 0.458 e. The Balaban J connectivity index is 2.24. The highest BCUT2D eigenvalue weighted by Gasteiger charge is 2.23. The summed E-state index contributed by atoms with van der Waals surface area (Å²) in [7, 11) is 0. The first-order chi connectivity index (χ1) is 5.70. The van der Waals surface area contributed by atoms with Crippen molar-refractivity contribution >= 4 is 18.0 Å². The molecule has 1 aliphatic heterocycles. The van der Waals surface area contributed by atoms with Crippen molar-refractivity contribution in [1.82, 2.24) is 0 Å². The predicted molar refractivity (Wildman–Crippen MR) is 39.6 cm³/mol. The number of esters is 1. The van der Waals surface area contributed by atoms with E-state index in [9.17, 15) is 9.59 Å². The van der Waals surface area contributed by atoms with Crippen molar-refractivity contribution in [2.45, 2.75) is 19.4 Å². The summed E-state index contributed by atoms with van der Waals surface area (Å²) in [4.78, 5) is 26.1. The van der Waals surface area contributed by atoms with Gasteiger partial charge in [0.05, 0.1) is 0 Å². The third-order valence-corrected chi connectivity index (χ3v) is 1.36. The lowest BCUT2D eigenvalue weighted by molar-refractivity contribution is -0.148. The number of Topliss-reactive ketones (excluding diaryl/α,β-unsaturated/α-hetero) is 1. The minimum atomic E-state index is -0.565. The molecule has 0 radical (unpaired) electrons. The molecule has 1 rings (SSSR count). The SMILES string of the molecule is CC(=O)OCC(=O)[C@H]1CC=NO1. The van der Waals surface area contributed by atoms with Gasteiger partial charge < -0.3 is 9.57 Å². The van der Waals surface area contributed by atoms with Crippen LogP contribution in [0, 0.1) is 0 Å². The highest BCUT2D eigenvalue weighted by atomic mass is 16.6. The lowest BCUT2D eigenvalue weighted by atomic mass is 10.2. The van der Waals surface area contributed by atoms with Crippen LogP contribution in [-0.4, -0.2) is 30.7 Å². The number of oxime groups is 1. The maximum absolute atomic E-state index is 11.1. The van der Waals surface area contributed by atoms with Crippen molar-refractivity contribution < 1.29 is 19.2 Å². The van der Waals surface area contributed by atoms with Crippen molar-refractivity contribution in [2.24, 2.45) is 5.16 Å². The molecule has 0 spiro atoms. The second-order valence-corrected chi connectivity index (χ2v) is 2.36. The first-order valence-corrected chi connectivity index (χ1v) is 3.54. The molecule has 0 bridgehead atoms. The molecule has 0 amide bonds. The monoisotopic (exact) mass is 171 g/mol. The van der Waals surface area contributed by atoms with Crippen molar-refractivity contribution in [3.63, 3.8) is 0 Å². The average molecular weight is 171 g/mol. The van der Waals surface area contributed by atoms with Crippen molar-refractivity contribution in [1.29, 1.82) is 0 Å². The van der Waals surface area contributed by atoms with Crippen LogP contribution in [0.4, 0.5) is 0 Å². The highest BCUT2D eigenvalue weighted by molar-refractivity contribution is 5.88. The van der Waals surface area contributed by atoms with E-state index >= 15 is 0 Å². The lowest BCUT2D eigenvalue weighted by Crippen LogP contribution is -2.25. The third kappa shape index (κ3) is 2.34. The van der Waals surface area contributed by atoms with Crippen LogP contribution in [0.2, 0.25) is 0 Å². The van der Waals surface area contributed by atoms with Gasteiger partial charge in [-0.2, -0.15) is 0 Å². The number of hydrogen-bond acceptors (Lipinski definition) is 5. The molecule has 0 aromatic heterocycles. The molecule has 1 aliphatic rings. The van der Waals surface area contributed by atoms with Gasteiger partial charge in [0.2, 0.25) is 5.78 Å². The van der Waals surface area contributed by atoms with Gasteiger partial charge >= 0.3 is 5.97 Å². The molecular weight excluding hydrogens is 162 g/mol. The standard InChI is InChI=1S/C7H9NO4/c1-5(9)11-4-6(10)7-2-3-8-12-7/h3,7H,2,4H2,1H3/t7-/m1/s1. The van der Waals surface area contributed by atoms with E-state index in [1.165, 1.54) is 13.1 Å². The van der Waals surface area contributed by atoms with Gasteiger partial charge in [0.1, 0.15) is 0 Å². The molecule has 0 saturated heterocycles. The summed E-state index contributed by atoms with van der Waals surface area (Å²) in [5.41, 5.74) is 0. The molecule has 0 aromatic carbocycles. The molecule has 1 atom stereocenters. The molecule has 0 saturated carbocycles. The summed E-state index contributed by atoms with van der Waals surface area (Å²) in [5, 5.41) is 3.43. The van der Waals surface area contributed by atoms with Gasteiger partial charge in [-0.1, -0.05) is 5.16 Å². The second kappa shape index (κ2) is 3.85. The summed E-state index contributed by atoms with van der Waals surface area (Å²) in [6.45, 7) is 1.02. The van der Waals surface area contributed by atoms with E-state index in [0.717, 1.165) is 0 Å². The Morgan fingerprint density at radius 1 is 1.75 bits per heavy atom. The number of rotatable bonds is 3. The average Bonchev–Trinajstić information content (AvgIpc) is 2.51. The molecular formula is C7H9NO4. The van der Waals surface area contributed by atoms with Gasteiger partial charge in [-0.05, 0) is 0 Å². The van der Waals surface area contributed by atoms with E-state index in [1.807, 2.05) is 0 Å². The maximum atomic E-state index is 11.1. The Labute approximate surface area is 69.3 Å². The first kappa shape index (κ1) is 8.70. The van der Waals surface area contributed by atoms with E-state index in [2.05, 4.69) is 14.7 Å². The van der Waals surface area contributed by atoms with Gasteiger partial charge in [0, 0.05) is 19.6 Å². The fraction of sp³-hybridized carbons (Fsp3) is 0.571. The number of carbonyl (C=O) groups is 2. The number of carbonyl (C=O) groups excluding carboxylic acids is 2. The maximum Gasteiger partial charge on any atom is 0.303 e. The zero-order valence-electron chi connectivity index (χ0n) is 6.65. The molecule has 12 heavy (non-hydrogen) atoms. The molecule has 0 fully saturated rings. The Kier molecular flexibility index (Phi) is 2.79. The smallest absolute Gasteiger partial charge is 0.303 e. The van der Waals surface area contributed by atoms with E-state index < -0.39 is 12.1 Å². The lowest BCUT2D eigenvalue weighted by Gasteiger charge is -2.05. The Morgan fingerprint density at radius 3 is 3.00 bits per heavy atom. The summed E-state index contributed by atoms with van der Waals surface area (Å²) in [6, 6.07) is 0. The zero-order chi connectivity index (χ0) is 8.97. The highest BCUT2D eigenvalue weighted by Crippen LogP contribution is 2.05. The third-order valence-electron chi connectivity index (χ3n) is 1.36. The summed E-state index contributed by atoms with van der Waals surface area (Å²) in [5.74, 6) is -0.732. The number of ether oxygens (including phenoxy) is 1. The van der Waals surface area contributed by atoms with Gasteiger partial charge in [0.15, 0.2) is 12.7 Å². The molecule has 0 unspecified atom stereocenters. The second-order valence-electron chi connectivity index (χ2n) is 2.36. The van der Waals surface area contributed by atoms with Crippen LogP contribution < -0.4 is 0 Å². The molecule has 1 heterocycles. The van der Waals surface area contributed by atoms with Gasteiger partial charge in [0.25, 0.3) is 0 Å². The Bertz CT molecular complexity index is 215. The van der Waals surface area contributed by atoms with Crippen LogP contribution in [0.5, 0.6) is 0 Å². The number of hydrogen-bond donors (Lipinski definition) is 0. The molecule has 0 aromatic rings. The Morgan fingerprint density at radius 2 is 2.50 bits per heavy atom. The van der Waals surface area contributed by atoms with Gasteiger partial charge in [-0.25, -0.2) is 0 Å². The molecule has 0 aliphatic carbocycles. The summed E-state index contributed by atoms with van der Waals surface area (Å²) in [6.07, 6.45) is 1.40. The van der Waals surface area contributed by atoms with Crippen molar-refractivity contribution in [3.8, 4) is 0 Å². The molecule has 66 valence electrons. The zero-order valence-corrected chi connectivity index (χ0v) is 6.65.